The van der Waals surface area contributed by atoms with Crippen molar-refractivity contribution in [2.75, 3.05) is 19.0 Å². The number of nitrogens with zero attached hydrogens (tertiary/aromatic N) is 4. The monoisotopic (exact) mass is 277 g/mol. The quantitative estimate of drug-likeness (QED) is 0.674. The van der Waals surface area contributed by atoms with E-state index in [1.54, 1.807) is 11.6 Å². The first kappa shape index (κ1) is 14.1. The molecule has 2 aromatic heterocycles. The fourth-order valence-electron chi connectivity index (χ4n) is 2.00. The molecule has 2 unspecified atom stereocenters. The molecule has 0 fully saturated rings. The molecule has 2 N–H and O–H groups in total. The van der Waals surface area contributed by atoms with Crippen LogP contribution in [0.2, 0.25) is 0 Å². The van der Waals surface area contributed by atoms with E-state index in [1.165, 1.54) is 12.7 Å². The summed E-state index contributed by atoms with van der Waals surface area (Å²) >= 11 is 0. The largest absolute Gasteiger partial charge is 0.396 e. The number of hydrogen-bond donors (Lipinski definition) is 2. The van der Waals surface area contributed by atoms with Gasteiger partial charge in [-0.05, 0) is 6.42 Å². The summed E-state index contributed by atoms with van der Waals surface area (Å²) in [6, 6.07) is -0.609. The molecule has 0 aromatic carbocycles. The zero-order valence-electron chi connectivity index (χ0n) is 10.9. The van der Waals surface area contributed by atoms with Crippen LogP contribution < -0.4 is 5.32 Å². The molecule has 0 aliphatic carbocycles. The number of carbonyl (C=O) groups is 2. The summed E-state index contributed by atoms with van der Waals surface area (Å²) in [6.07, 6.45) is 4.42. The molecule has 0 aliphatic heterocycles. The van der Waals surface area contributed by atoms with Gasteiger partial charge in [0.15, 0.2) is 11.5 Å². The summed E-state index contributed by atoms with van der Waals surface area (Å²) in [5.74, 6) is -0.0271. The van der Waals surface area contributed by atoms with Crippen LogP contribution in [0.4, 0.5) is 5.82 Å². The molecule has 0 saturated heterocycles. The Morgan fingerprint density at radius 2 is 2.15 bits per heavy atom. The molecule has 0 amide bonds. The third-order valence-electron chi connectivity index (χ3n) is 3.08. The standard InChI is InChI=1S/C12H15N5O3/c1-13-11-10-12(15-6-14-11)17(7-16-10)9(5-20)2-8(3-18)4-19/h3,5-9,19H,2,4H2,1H3,(H,13,14,15). The summed E-state index contributed by atoms with van der Waals surface area (Å²) in [7, 11) is 1.71. The number of carbonyl (C=O) groups excluding carboxylic acids is 2. The number of rotatable bonds is 7. The lowest BCUT2D eigenvalue weighted by Crippen LogP contribution is -2.18. The third kappa shape index (κ3) is 2.50. The maximum absolute atomic E-state index is 11.3. The highest BCUT2D eigenvalue weighted by atomic mass is 16.3. The maximum atomic E-state index is 11.3. The predicted molar refractivity (Wildman–Crippen MR) is 71.2 cm³/mol. The summed E-state index contributed by atoms with van der Waals surface area (Å²) < 4.78 is 1.58. The number of nitrogens with one attached hydrogen (secondary N) is 1. The predicted octanol–water partition coefficient (Wildman–Crippen LogP) is -0.195. The van der Waals surface area contributed by atoms with Gasteiger partial charge in [-0.15, -0.1) is 0 Å². The SMILES string of the molecule is CNc1ncnc2c1ncn2C(C=O)CC(C=O)CO. The lowest BCUT2D eigenvalue weighted by Gasteiger charge is -2.15. The van der Waals surface area contributed by atoms with E-state index >= 15 is 0 Å². The van der Waals surface area contributed by atoms with Crippen LogP contribution in [-0.4, -0.2) is 50.9 Å². The van der Waals surface area contributed by atoms with Crippen LogP contribution in [0.3, 0.4) is 0 Å². The summed E-state index contributed by atoms with van der Waals surface area (Å²) in [5.41, 5.74) is 1.05. The highest BCUT2D eigenvalue weighted by Crippen LogP contribution is 2.22. The molecule has 8 nitrogen and oxygen atoms in total. The van der Waals surface area contributed by atoms with Gasteiger partial charge in [0, 0.05) is 13.0 Å². The lowest BCUT2D eigenvalue weighted by atomic mass is 10.0. The van der Waals surface area contributed by atoms with Gasteiger partial charge in [-0.3, -0.25) is 0 Å². The van der Waals surface area contributed by atoms with Gasteiger partial charge in [-0.25, -0.2) is 15.0 Å². The van der Waals surface area contributed by atoms with Crippen molar-refractivity contribution in [1.29, 1.82) is 0 Å². The number of aliphatic hydroxyl groups is 1. The van der Waals surface area contributed by atoms with Gasteiger partial charge < -0.3 is 24.6 Å². The van der Waals surface area contributed by atoms with Crippen LogP contribution in [0.25, 0.3) is 11.2 Å². The first-order chi connectivity index (χ1) is 9.74. The van der Waals surface area contributed by atoms with Crippen LogP contribution in [0.5, 0.6) is 0 Å². The number of aliphatic hydroxyl groups excluding tert-OH is 1. The van der Waals surface area contributed by atoms with E-state index in [1.807, 2.05) is 0 Å². The van der Waals surface area contributed by atoms with Crippen molar-refractivity contribution in [3.63, 3.8) is 0 Å². The molecule has 2 aromatic rings. The Morgan fingerprint density at radius 3 is 2.75 bits per heavy atom. The lowest BCUT2D eigenvalue weighted by molar-refractivity contribution is -0.114. The van der Waals surface area contributed by atoms with Crippen LogP contribution in [0, 0.1) is 5.92 Å². The number of hydrogen-bond acceptors (Lipinski definition) is 7. The first-order valence-corrected chi connectivity index (χ1v) is 6.11. The van der Waals surface area contributed by atoms with Crippen molar-refractivity contribution in [3.05, 3.63) is 12.7 Å². The minimum absolute atomic E-state index is 0.202. The molecule has 2 heterocycles. The minimum Gasteiger partial charge on any atom is -0.396 e. The molecule has 2 rings (SSSR count). The molecule has 0 spiro atoms. The molecular weight excluding hydrogens is 262 g/mol. The summed E-state index contributed by atoms with van der Waals surface area (Å²) in [5, 5.41) is 11.9. The Balaban J connectivity index is 2.40. The van der Waals surface area contributed by atoms with Crippen LogP contribution in [-0.2, 0) is 9.59 Å². The molecular formula is C12H15N5O3. The number of anilines is 1. The summed E-state index contributed by atoms with van der Waals surface area (Å²) in [4.78, 5) is 34.4. The van der Waals surface area contributed by atoms with Gasteiger partial charge >= 0.3 is 0 Å². The molecule has 0 aliphatic rings. The average molecular weight is 277 g/mol. The van der Waals surface area contributed by atoms with E-state index in [2.05, 4.69) is 20.3 Å². The fourth-order valence-corrected chi connectivity index (χ4v) is 2.00. The fraction of sp³-hybridized carbons (Fsp3) is 0.417. The molecule has 0 bridgehead atoms. The topological polar surface area (TPSA) is 110 Å². The van der Waals surface area contributed by atoms with E-state index in [0.717, 1.165) is 0 Å². The van der Waals surface area contributed by atoms with Gasteiger partial charge in [0.1, 0.15) is 24.4 Å². The molecule has 2 atom stereocenters. The minimum atomic E-state index is -0.609. The number of aldehydes is 2. The zero-order chi connectivity index (χ0) is 14.5. The summed E-state index contributed by atoms with van der Waals surface area (Å²) in [6.45, 7) is -0.294. The van der Waals surface area contributed by atoms with Crippen molar-refractivity contribution in [2.45, 2.75) is 12.5 Å². The van der Waals surface area contributed by atoms with Gasteiger partial charge in [0.25, 0.3) is 0 Å². The molecule has 106 valence electrons. The van der Waals surface area contributed by atoms with Gasteiger partial charge in [0.05, 0.1) is 19.0 Å². The normalized spacial score (nSPS) is 13.9. The van der Waals surface area contributed by atoms with Gasteiger partial charge in [-0.2, -0.15) is 0 Å². The maximum Gasteiger partial charge on any atom is 0.166 e. The van der Waals surface area contributed by atoms with Gasteiger partial charge in [0.2, 0.25) is 0 Å². The van der Waals surface area contributed by atoms with Crippen molar-refractivity contribution in [1.82, 2.24) is 19.5 Å². The number of fused-ring (bicyclic) bond motifs is 1. The van der Waals surface area contributed by atoms with E-state index < -0.39 is 12.0 Å². The Hall–Kier alpha value is -2.35. The Bertz CT molecular complexity index is 612. The van der Waals surface area contributed by atoms with Crippen molar-refractivity contribution in [2.24, 2.45) is 5.92 Å². The highest BCUT2D eigenvalue weighted by molar-refractivity contribution is 5.83. The smallest absolute Gasteiger partial charge is 0.166 e. The van der Waals surface area contributed by atoms with Crippen LogP contribution in [0.15, 0.2) is 12.7 Å². The van der Waals surface area contributed by atoms with Crippen LogP contribution >= 0.6 is 0 Å². The second-order valence-corrected chi connectivity index (χ2v) is 4.31. The Morgan fingerprint density at radius 1 is 1.35 bits per heavy atom. The second-order valence-electron chi connectivity index (χ2n) is 4.31. The van der Waals surface area contributed by atoms with E-state index in [0.29, 0.717) is 29.6 Å². The Kier molecular flexibility index (Phi) is 4.36. The number of aromatic nitrogens is 4. The van der Waals surface area contributed by atoms with E-state index in [-0.39, 0.29) is 13.0 Å². The van der Waals surface area contributed by atoms with Crippen molar-refractivity contribution < 1.29 is 14.7 Å². The third-order valence-corrected chi connectivity index (χ3v) is 3.08. The molecule has 0 saturated carbocycles. The van der Waals surface area contributed by atoms with Gasteiger partial charge in [-0.1, -0.05) is 0 Å². The molecule has 8 heteroatoms. The van der Waals surface area contributed by atoms with Crippen molar-refractivity contribution in [3.8, 4) is 0 Å². The van der Waals surface area contributed by atoms with E-state index in [4.69, 9.17) is 5.11 Å². The average Bonchev–Trinajstić information content (AvgIpc) is 2.92. The first-order valence-electron chi connectivity index (χ1n) is 6.11. The van der Waals surface area contributed by atoms with Crippen molar-refractivity contribution >= 4 is 29.6 Å². The van der Waals surface area contributed by atoms with Crippen LogP contribution in [0.1, 0.15) is 12.5 Å². The Labute approximate surface area is 114 Å². The number of imidazole rings is 1. The highest BCUT2D eigenvalue weighted by Gasteiger charge is 2.20. The van der Waals surface area contributed by atoms with E-state index in [9.17, 15) is 9.59 Å². The molecule has 0 radical (unpaired) electrons. The molecule has 20 heavy (non-hydrogen) atoms. The zero-order valence-corrected chi connectivity index (χ0v) is 10.9. The second kappa shape index (κ2) is 6.20.